The van der Waals surface area contributed by atoms with E-state index in [2.05, 4.69) is 23.7 Å². The number of halogens is 3. The molecule has 0 atom stereocenters. The van der Waals surface area contributed by atoms with Gasteiger partial charge in [0.25, 0.3) is 0 Å². The summed E-state index contributed by atoms with van der Waals surface area (Å²) in [4.78, 5) is 12.0. The molecule has 1 aromatic carbocycles. The third-order valence-electron chi connectivity index (χ3n) is 6.63. The van der Waals surface area contributed by atoms with E-state index in [9.17, 15) is 18.0 Å². The number of aryl methyl sites for hydroxylation is 1. The number of carbonyl (C=O) groups excluding carboxylic acids is 1. The first kappa shape index (κ1) is 38.2. The average molecular weight is 633 g/mol. The quantitative estimate of drug-likeness (QED) is 0.0742. The molecule has 2 rings (SSSR count). The molecule has 1 aromatic heterocycles. The highest BCUT2D eigenvalue weighted by Crippen LogP contribution is 2.20. The SMILES string of the molecule is CCCCCCCCCCCCCCOc1ccc(COC(=O)NCc2cccc[n+]2CC)cc1.O=S(=O)([O-])C(F)(F)F. The van der Waals surface area contributed by atoms with Crippen LogP contribution in [0.4, 0.5) is 18.0 Å². The maximum atomic E-state index is 12.0. The number of aromatic nitrogens is 1. The average Bonchev–Trinajstić information content (AvgIpc) is 2.97. The van der Waals surface area contributed by atoms with Crippen LogP contribution in [0.15, 0.2) is 48.7 Å². The van der Waals surface area contributed by atoms with Gasteiger partial charge in [-0.1, -0.05) is 95.8 Å². The van der Waals surface area contributed by atoms with Crippen molar-refractivity contribution in [2.24, 2.45) is 0 Å². The number of nitrogens with zero attached hydrogens (tertiary/aromatic N) is 1. The maximum absolute atomic E-state index is 12.0. The summed E-state index contributed by atoms with van der Waals surface area (Å²) in [5.41, 5.74) is -3.66. The summed E-state index contributed by atoms with van der Waals surface area (Å²) in [6.45, 7) is 6.66. The molecule has 1 N–H and O–H groups in total. The van der Waals surface area contributed by atoms with Crippen LogP contribution in [0, 0.1) is 0 Å². The first-order valence-corrected chi connectivity index (χ1v) is 16.5. The molecule has 43 heavy (non-hydrogen) atoms. The Bertz CT molecular complexity index is 1130. The minimum absolute atomic E-state index is 0.243. The normalized spacial score (nSPS) is 11.4. The number of unbranched alkanes of at least 4 members (excludes halogenated alkanes) is 11. The Morgan fingerprint density at radius 3 is 1.91 bits per heavy atom. The number of alkyl carbamates (subject to hydrolysis) is 1. The largest absolute Gasteiger partial charge is 0.741 e. The van der Waals surface area contributed by atoms with Gasteiger partial charge in [0.2, 0.25) is 5.69 Å². The van der Waals surface area contributed by atoms with Gasteiger partial charge < -0.3 is 19.3 Å². The monoisotopic (exact) mass is 632 g/mol. The number of rotatable bonds is 19. The molecule has 1 amide bonds. The van der Waals surface area contributed by atoms with Crippen molar-refractivity contribution in [3.8, 4) is 5.75 Å². The highest BCUT2D eigenvalue weighted by Gasteiger charge is 2.36. The fraction of sp³-hybridized carbons (Fsp3) is 0.613. The van der Waals surface area contributed by atoms with Crippen LogP contribution in [0.25, 0.3) is 0 Å². The number of amides is 1. The summed E-state index contributed by atoms with van der Waals surface area (Å²) in [6, 6.07) is 13.8. The van der Waals surface area contributed by atoms with Gasteiger partial charge in [-0.2, -0.15) is 13.2 Å². The van der Waals surface area contributed by atoms with E-state index < -0.39 is 21.7 Å². The lowest BCUT2D eigenvalue weighted by atomic mass is 10.1. The lowest BCUT2D eigenvalue weighted by Gasteiger charge is -2.09. The van der Waals surface area contributed by atoms with E-state index in [0.29, 0.717) is 6.54 Å². The molecule has 0 spiro atoms. The van der Waals surface area contributed by atoms with E-state index in [1.54, 1.807) is 0 Å². The number of benzene rings is 1. The summed E-state index contributed by atoms with van der Waals surface area (Å²) in [5.74, 6) is 0.870. The van der Waals surface area contributed by atoms with Crippen LogP contribution in [0.5, 0.6) is 5.75 Å². The molecule has 0 radical (unpaired) electrons. The Hall–Kier alpha value is -2.86. The Kier molecular flexibility index (Phi) is 19.3. The molecule has 8 nitrogen and oxygen atoms in total. The van der Waals surface area contributed by atoms with E-state index in [0.717, 1.165) is 36.6 Å². The first-order chi connectivity index (χ1) is 20.5. The second kappa shape index (κ2) is 21.8. The van der Waals surface area contributed by atoms with Crippen LogP contribution in [-0.2, 0) is 34.6 Å². The number of hydrogen-bond acceptors (Lipinski definition) is 6. The highest BCUT2D eigenvalue weighted by molar-refractivity contribution is 7.86. The van der Waals surface area contributed by atoms with Gasteiger partial charge in [0.1, 0.15) is 25.4 Å². The van der Waals surface area contributed by atoms with Crippen LogP contribution < -0.4 is 14.6 Å². The van der Waals surface area contributed by atoms with Crippen LogP contribution in [0.3, 0.4) is 0 Å². The molecule has 0 bridgehead atoms. The first-order valence-electron chi connectivity index (χ1n) is 15.1. The number of hydrogen-bond donors (Lipinski definition) is 1. The number of carbonyl (C=O) groups is 1. The molecule has 0 aliphatic heterocycles. The molecule has 0 saturated carbocycles. The number of ether oxygens (including phenoxy) is 2. The van der Waals surface area contributed by atoms with Gasteiger partial charge in [0.15, 0.2) is 16.3 Å². The zero-order valence-corrected chi connectivity index (χ0v) is 26.2. The minimum Gasteiger partial charge on any atom is -0.741 e. The van der Waals surface area contributed by atoms with Gasteiger partial charge in [-0.25, -0.2) is 17.8 Å². The molecule has 0 aliphatic carbocycles. The summed E-state index contributed by atoms with van der Waals surface area (Å²) in [5, 5.41) is 2.82. The molecular weight excluding hydrogens is 585 g/mol. The van der Waals surface area contributed by atoms with E-state index in [-0.39, 0.29) is 6.61 Å². The van der Waals surface area contributed by atoms with Gasteiger partial charge >= 0.3 is 11.6 Å². The van der Waals surface area contributed by atoms with Crippen LogP contribution in [0.1, 0.15) is 102 Å². The molecule has 0 unspecified atom stereocenters. The Balaban J connectivity index is 0.00000101. The third-order valence-corrected chi connectivity index (χ3v) is 7.20. The molecule has 2 aromatic rings. The Morgan fingerprint density at radius 2 is 1.40 bits per heavy atom. The smallest absolute Gasteiger partial charge is 0.485 e. The summed E-state index contributed by atoms with van der Waals surface area (Å²) >= 11 is 0. The topological polar surface area (TPSA) is 109 Å². The predicted octanol–water partition coefficient (Wildman–Crippen LogP) is 7.55. The van der Waals surface area contributed by atoms with E-state index in [4.69, 9.17) is 22.4 Å². The van der Waals surface area contributed by atoms with E-state index in [1.807, 2.05) is 48.7 Å². The molecule has 0 saturated heterocycles. The third kappa shape index (κ3) is 18.4. The van der Waals surface area contributed by atoms with Gasteiger partial charge in [0, 0.05) is 12.1 Å². The van der Waals surface area contributed by atoms with Gasteiger partial charge in [-0.15, -0.1) is 0 Å². The summed E-state index contributed by atoms with van der Waals surface area (Å²) in [7, 11) is -6.09. The standard InChI is InChI=1S/C30H46N2O3.CHF3O3S/c1-3-5-6-7-8-9-10-11-12-13-14-17-24-34-29-21-19-27(20-22-29)26-35-30(33)31-25-28-18-15-16-23-32(28)4-2;2-1(3,4)8(5,6)7/h15-16,18-23H,3-14,17,24-26H2,1-2H3;(H,5,6,7). The van der Waals surface area contributed by atoms with Crippen molar-refractivity contribution in [1.82, 2.24) is 5.32 Å². The van der Waals surface area contributed by atoms with Crippen molar-refractivity contribution in [1.29, 1.82) is 0 Å². The Morgan fingerprint density at radius 1 is 0.860 bits per heavy atom. The minimum atomic E-state index is -6.09. The summed E-state index contributed by atoms with van der Waals surface area (Å²) < 4.78 is 72.2. The maximum Gasteiger partial charge on any atom is 0.485 e. The molecule has 244 valence electrons. The number of nitrogens with one attached hydrogen (secondary N) is 1. The van der Waals surface area contributed by atoms with Gasteiger partial charge in [-0.3, -0.25) is 0 Å². The molecular formula is C31H47F3N2O6S. The predicted molar refractivity (Wildman–Crippen MR) is 158 cm³/mol. The molecule has 1 heterocycles. The van der Waals surface area contributed by atoms with E-state index >= 15 is 0 Å². The zero-order valence-electron chi connectivity index (χ0n) is 25.4. The fourth-order valence-corrected chi connectivity index (χ4v) is 4.16. The number of pyridine rings is 1. The molecule has 0 aliphatic rings. The van der Waals surface area contributed by atoms with E-state index in [1.165, 1.54) is 70.6 Å². The number of alkyl halides is 3. The van der Waals surface area contributed by atoms with Crippen molar-refractivity contribution >= 4 is 16.2 Å². The summed E-state index contributed by atoms with van der Waals surface area (Å²) in [6.07, 6.45) is 17.7. The lowest BCUT2D eigenvalue weighted by molar-refractivity contribution is -0.701. The Labute approximate surface area is 254 Å². The van der Waals surface area contributed by atoms with Crippen molar-refractivity contribution < 1.29 is 45.0 Å². The van der Waals surface area contributed by atoms with Crippen molar-refractivity contribution in [2.45, 2.75) is 116 Å². The van der Waals surface area contributed by atoms with Crippen molar-refractivity contribution in [3.05, 3.63) is 59.9 Å². The second-order valence-corrected chi connectivity index (χ2v) is 11.6. The van der Waals surface area contributed by atoms with Crippen LogP contribution >= 0.6 is 0 Å². The highest BCUT2D eigenvalue weighted by atomic mass is 32.2. The molecule has 12 heteroatoms. The lowest BCUT2D eigenvalue weighted by Crippen LogP contribution is -2.39. The van der Waals surface area contributed by atoms with Gasteiger partial charge in [0.05, 0.1) is 6.61 Å². The van der Waals surface area contributed by atoms with Crippen molar-refractivity contribution in [2.75, 3.05) is 6.61 Å². The van der Waals surface area contributed by atoms with Crippen LogP contribution in [-0.4, -0.2) is 31.2 Å². The zero-order chi connectivity index (χ0) is 32.0. The molecule has 0 fully saturated rings. The van der Waals surface area contributed by atoms with Crippen LogP contribution in [0.2, 0.25) is 0 Å². The van der Waals surface area contributed by atoms with Crippen molar-refractivity contribution in [3.63, 3.8) is 0 Å². The van der Waals surface area contributed by atoms with Gasteiger partial charge in [-0.05, 0) is 31.0 Å². The fourth-order valence-electron chi connectivity index (χ4n) is 4.16. The second-order valence-electron chi connectivity index (χ2n) is 10.2.